The minimum Gasteiger partial charge on any atom is -0.327 e. The van der Waals surface area contributed by atoms with Gasteiger partial charge in [-0.1, -0.05) is 87.0 Å². The van der Waals surface area contributed by atoms with E-state index in [0.717, 1.165) is 18.5 Å². The zero-order valence-electron chi connectivity index (χ0n) is 17.8. The molecule has 0 aliphatic carbocycles. The molecule has 1 amide bonds. The Morgan fingerprint density at radius 2 is 1.55 bits per heavy atom. The first kappa shape index (κ1) is 19.4. The van der Waals surface area contributed by atoms with Crippen LogP contribution in [0.3, 0.4) is 0 Å². The van der Waals surface area contributed by atoms with Gasteiger partial charge in [-0.05, 0) is 53.1 Å². The normalized spacial score (nSPS) is 16.4. The standard InChI is InChI=1S/C27H29NO/c1-19-9-11-21(12-10-19)25-24-8-6-5-7-20(24)17-18-28(25)26(29)22-13-15-23(16-14-22)27(2,3)4/h5-16,25H,17-18H2,1-4H3. The lowest BCUT2D eigenvalue weighted by atomic mass is 9.86. The second-order valence-corrected chi connectivity index (χ2v) is 9.09. The fourth-order valence-corrected chi connectivity index (χ4v) is 4.17. The highest BCUT2D eigenvalue weighted by Crippen LogP contribution is 2.36. The van der Waals surface area contributed by atoms with Gasteiger partial charge in [0.1, 0.15) is 0 Å². The maximum atomic E-state index is 13.5. The van der Waals surface area contributed by atoms with Crippen LogP contribution < -0.4 is 0 Å². The molecule has 0 N–H and O–H groups in total. The van der Waals surface area contributed by atoms with Crippen molar-refractivity contribution in [1.29, 1.82) is 0 Å². The second kappa shape index (κ2) is 7.51. The van der Waals surface area contributed by atoms with E-state index in [4.69, 9.17) is 0 Å². The molecule has 1 heterocycles. The molecule has 1 unspecified atom stereocenters. The predicted octanol–water partition coefficient (Wildman–Crippen LogP) is 6.08. The number of amides is 1. The molecular formula is C27H29NO. The Hall–Kier alpha value is -2.87. The largest absolute Gasteiger partial charge is 0.327 e. The van der Waals surface area contributed by atoms with Crippen LogP contribution in [-0.2, 0) is 11.8 Å². The van der Waals surface area contributed by atoms with Gasteiger partial charge in [0.25, 0.3) is 5.91 Å². The summed E-state index contributed by atoms with van der Waals surface area (Å²) in [5.41, 5.74) is 7.06. The molecule has 4 rings (SSSR count). The predicted molar refractivity (Wildman–Crippen MR) is 119 cm³/mol. The van der Waals surface area contributed by atoms with E-state index >= 15 is 0 Å². The van der Waals surface area contributed by atoms with E-state index in [0.29, 0.717) is 0 Å². The molecule has 0 bridgehead atoms. The molecule has 0 saturated heterocycles. The van der Waals surface area contributed by atoms with Crippen LogP contribution in [0.5, 0.6) is 0 Å². The van der Waals surface area contributed by atoms with Crippen LogP contribution in [0, 0.1) is 6.92 Å². The van der Waals surface area contributed by atoms with Crippen LogP contribution in [0.1, 0.15) is 65.0 Å². The molecule has 148 valence electrons. The molecular weight excluding hydrogens is 354 g/mol. The van der Waals surface area contributed by atoms with Gasteiger partial charge in [-0.3, -0.25) is 4.79 Å². The number of aryl methyl sites for hydroxylation is 1. The van der Waals surface area contributed by atoms with Crippen LogP contribution in [0.4, 0.5) is 0 Å². The first-order valence-electron chi connectivity index (χ1n) is 10.4. The summed E-state index contributed by atoms with van der Waals surface area (Å²) in [5, 5.41) is 0. The third kappa shape index (κ3) is 3.85. The van der Waals surface area contributed by atoms with Crippen LogP contribution in [0.2, 0.25) is 0 Å². The Balaban J connectivity index is 1.73. The number of carbonyl (C=O) groups is 1. The number of hydrogen-bond acceptors (Lipinski definition) is 1. The molecule has 1 aliphatic heterocycles. The van der Waals surface area contributed by atoms with Crippen LogP contribution >= 0.6 is 0 Å². The van der Waals surface area contributed by atoms with Crippen molar-refractivity contribution < 1.29 is 4.79 Å². The molecule has 0 saturated carbocycles. The summed E-state index contributed by atoms with van der Waals surface area (Å²) < 4.78 is 0. The van der Waals surface area contributed by atoms with Gasteiger partial charge in [0.15, 0.2) is 0 Å². The van der Waals surface area contributed by atoms with Gasteiger partial charge in [-0.2, -0.15) is 0 Å². The average molecular weight is 384 g/mol. The number of hydrogen-bond donors (Lipinski definition) is 0. The molecule has 0 aromatic heterocycles. The maximum absolute atomic E-state index is 13.5. The van der Waals surface area contributed by atoms with Crippen LogP contribution in [-0.4, -0.2) is 17.4 Å². The highest BCUT2D eigenvalue weighted by Gasteiger charge is 2.32. The summed E-state index contributed by atoms with van der Waals surface area (Å²) in [4.78, 5) is 15.6. The number of nitrogens with zero attached hydrogens (tertiary/aromatic N) is 1. The van der Waals surface area contributed by atoms with Crippen molar-refractivity contribution >= 4 is 5.91 Å². The Labute approximate surface area is 174 Å². The zero-order valence-corrected chi connectivity index (χ0v) is 17.8. The quantitative estimate of drug-likeness (QED) is 0.525. The van der Waals surface area contributed by atoms with Crippen molar-refractivity contribution in [2.75, 3.05) is 6.54 Å². The molecule has 2 nitrogen and oxygen atoms in total. The molecule has 0 radical (unpaired) electrons. The summed E-state index contributed by atoms with van der Waals surface area (Å²) in [6.07, 6.45) is 0.893. The van der Waals surface area contributed by atoms with Gasteiger partial charge >= 0.3 is 0 Å². The Morgan fingerprint density at radius 1 is 0.897 bits per heavy atom. The van der Waals surface area contributed by atoms with Gasteiger partial charge < -0.3 is 4.90 Å². The molecule has 29 heavy (non-hydrogen) atoms. The van der Waals surface area contributed by atoms with Gasteiger partial charge in [-0.25, -0.2) is 0 Å². The summed E-state index contributed by atoms with van der Waals surface area (Å²) in [6, 6.07) is 25.2. The van der Waals surface area contributed by atoms with Crippen molar-refractivity contribution in [2.45, 2.75) is 45.6 Å². The summed E-state index contributed by atoms with van der Waals surface area (Å²) in [7, 11) is 0. The van der Waals surface area contributed by atoms with E-state index in [1.165, 1.54) is 27.8 Å². The SMILES string of the molecule is Cc1ccc(C2c3ccccc3CCN2C(=O)c2ccc(C(C)(C)C)cc2)cc1. The Kier molecular flexibility index (Phi) is 5.04. The summed E-state index contributed by atoms with van der Waals surface area (Å²) in [6.45, 7) is 9.41. The second-order valence-electron chi connectivity index (χ2n) is 9.09. The first-order chi connectivity index (χ1) is 13.8. The highest BCUT2D eigenvalue weighted by molar-refractivity contribution is 5.95. The molecule has 1 aliphatic rings. The van der Waals surface area contributed by atoms with Crippen molar-refractivity contribution in [1.82, 2.24) is 4.90 Å². The first-order valence-corrected chi connectivity index (χ1v) is 10.4. The van der Waals surface area contributed by atoms with E-state index in [1.54, 1.807) is 0 Å². The van der Waals surface area contributed by atoms with E-state index in [1.807, 2.05) is 17.0 Å². The van der Waals surface area contributed by atoms with E-state index in [9.17, 15) is 4.79 Å². The lowest BCUT2D eigenvalue weighted by molar-refractivity contribution is 0.0694. The van der Waals surface area contributed by atoms with Gasteiger partial charge in [0.2, 0.25) is 0 Å². The zero-order chi connectivity index (χ0) is 20.6. The van der Waals surface area contributed by atoms with Crippen molar-refractivity contribution in [3.63, 3.8) is 0 Å². The minimum absolute atomic E-state index is 0.0460. The topological polar surface area (TPSA) is 20.3 Å². The maximum Gasteiger partial charge on any atom is 0.254 e. The highest BCUT2D eigenvalue weighted by atomic mass is 16.2. The van der Waals surface area contributed by atoms with Gasteiger partial charge in [0, 0.05) is 12.1 Å². The van der Waals surface area contributed by atoms with Gasteiger partial charge in [-0.15, -0.1) is 0 Å². The third-order valence-electron chi connectivity index (χ3n) is 5.94. The average Bonchev–Trinajstić information content (AvgIpc) is 2.72. The summed E-state index contributed by atoms with van der Waals surface area (Å²) >= 11 is 0. The Morgan fingerprint density at radius 3 is 2.21 bits per heavy atom. The molecule has 0 spiro atoms. The van der Waals surface area contributed by atoms with Crippen molar-refractivity contribution in [2.24, 2.45) is 0 Å². The smallest absolute Gasteiger partial charge is 0.254 e. The fourth-order valence-electron chi connectivity index (χ4n) is 4.17. The number of benzene rings is 3. The number of fused-ring (bicyclic) bond motifs is 1. The van der Waals surface area contributed by atoms with E-state index in [2.05, 4.69) is 88.4 Å². The van der Waals surface area contributed by atoms with E-state index < -0.39 is 0 Å². The number of carbonyl (C=O) groups excluding carboxylic acids is 1. The molecule has 3 aromatic carbocycles. The monoisotopic (exact) mass is 383 g/mol. The molecule has 3 aromatic rings. The fraction of sp³-hybridized carbons (Fsp3) is 0.296. The van der Waals surface area contributed by atoms with Crippen molar-refractivity contribution in [3.8, 4) is 0 Å². The number of rotatable bonds is 2. The molecule has 2 heteroatoms. The lowest BCUT2D eigenvalue weighted by Gasteiger charge is -2.38. The van der Waals surface area contributed by atoms with Gasteiger partial charge in [0.05, 0.1) is 6.04 Å². The third-order valence-corrected chi connectivity index (χ3v) is 5.94. The van der Waals surface area contributed by atoms with Crippen LogP contribution in [0.25, 0.3) is 0 Å². The lowest BCUT2D eigenvalue weighted by Crippen LogP contribution is -2.40. The molecule has 0 fully saturated rings. The minimum atomic E-state index is -0.0460. The summed E-state index contributed by atoms with van der Waals surface area (Å²) in [5.74, 6) is 0.102. The van der Waals surface area contributed by atoms with Crippen molar-refractivity contribution in [3.05, 3.63) is 106 Å². The molecule has 1 atom stereocenters. The van der Waals surface area contributed by atoms with E-state index in [-0.39, 0.29) is 17.4 Å². The Bertz CT molecular complexity index is 1010. The van der Waals surface area contributed by atoms with Crippen LogP contribution in [0.15, 0.2) is 72.8 Å².